The molecule has 7 heteroatoms. The maximum absolute atomic E-state index is 11.7. The summed E-state index contributed by atoms with van der Waals surface area (Å²) >= 11 is 0.950. The Labute approximate surface area is 116 Å². The van der Waals surface area contributed by atoms with E-state index in [1.54, 1.807) is 0 Å². The maximum Gasteiger partial charge on any atom is 0.289 e. The zero-order chi connectivity index (χ0) is 14.0. The van der Waals surface area contributed by atoms with Crippen molar-refractivity contribution in [3.8, 4) is 0 Å². The molecule has 2 aliphatic heterocycles. The summed E-state index contributed by atoms with van der Waals surface area (Å²) in [5.74, 6) is 0.0932. The third-order valence-electron chi connectivity index (χ3n) is 3.45. The zero-order valence-corrected chi connectivity index (χ0v) is 12.0. The van der Waals surface area contributed by atoms with Gasteiger partial charge in [-0.1, -0.05) is 11.8 Å². The molecule has 2 saturated heterocycles. The van der Waals surface area contributed by atoms with Crippen LogP contribution in [0.1, 0.15) is 13.8 Å². The van der Waals surface area contributed by atoms with E-state index in [0.717, 1.165) is 29.8 Å². The van der Waals surface area contributed by atoms with Crippen molar-refractivity contribution in [1.29, 1.82) is 0 Å². The zero-order valence-electron chi connectivity index (χ0n) is 11.2. The van der Waals surface area contributed by atoms with Crippen LogP contribution in [0.4, 0.5) is 4.79 Å². The number of rotatable bonds is 5. The fourth-order valence-corrected chi connectivity index (χ4v) is 2.88. The minimum absolute atomic E-state index is 0.148. The molecule has 0 bridgehead atoms. The van der Waals surface area contributed by atoms with Crippen molar-refractivity contribution >= 4 is 28.8 Å². The van der Waals surface area contributed by atoms with Crippen LogP contribution in [0.3, 0.4) is 0 Å². The molecular weight excluding hydrogens is 266 g/mol. The second-order valence-corrected chi connectivity index (χ2v) is 6.18. The van der Waals surface area contributed by atoms with Crippen LogP contribution < -0.4 is 5.32 Å². The average Bonchev–Trinajstić information content (AvgIpc) is 2.58. The van der Waals surface area contributed by atoms with Crippen molar-refractivity contribution in [2.45, 2.75) is 19.9 Å². The van der Waals surface area contributed by atoms with E-state index in [4.69, 9.17) is 0 Å². The predicted molar refractivity (Wildman–Crippen MR) is 72.8 cm³/mol. The highest BCUT2D eigenvalue weighted by atomic mass is 32.2. The first-order chi connectivity index (χ1) is 8.97. The number of hydrogen-bond donors (Lipinski definition) is 1. The molecule has 19 heavy (non-hydrogen) atoms. The predicted octanol–water partition coefficient (Wildman–Crippen LogP) is 0.138. The highest BCUT2D eigenvalue weighted by Gasteiger charge is 2.32. The quantitative estimate of drug-likeness (QED) is 0.778. The summed E-state index contributed by atoms with van der Waals surface area (Å²) in [7, 11) is 0. The number of amides is 3. The van der Waals surface area contributed by atoms with Crippen LogP contribution in [0.15, 0.2) is 0 Å². The highest BCUT2D eigenvalue weighted by Crippen LogP contribution is 2.19. The minimum Gasteiger partial charge on any atom is -0.354 e. The van der Waals surface area contributed by atoms with Crippen molar-refractivity contribution in [2.75, 3.05) is 31.9 Å². The Hall–Kier alpha value is -1.08. The second kappa shape index (κ2) is 5.92. The molecule has 0 unspecified atom stereocenters. The van der Waals surface area contributed by atoms with Gasteiger partial charge in [-0.05, 0) is 13.8 Å². The van der Waals surface area contributed by atoms with Gasteiger partial charge in [-0.15, -0.1) is 0 Å². The van der Waals surface area contributed by atoms with Gasteiger partial charge >= 0.3 is 0 Å². The molecule has 0 spiro atoms. The van der Waals surface area contributed by atoms with E-state index < -0.39 is 0 Å². The van der Waals surface area contributed by atoms with E-state index >= 15 is 0 Å². The van der Waals surface area contributed by atoms with E-state index in [9.17, 15) is 14.4 Å². The lowest BCUT2D eigenvalue weighted by Gasteiger charge is -2.42. The number of thioether (sulfide) groups is 1. The normalized spacial score (nSPS) is 21.1. The van der Waals surface area contributed by atoms with Crippen LogP contribution in [-0.2, 0) is 9.59 Å². The van der Waals surface area contributed by atoms with Crippen LogP contribution >= 0.6 is 11.8 Å². The van der Waals surface area contributed by atoms with Gasteiger partial charge in [0.2, 0.25) is 11.8 Å². The number of carbonyl (C=O) groups excluding carboxylic acids is 3. The Balaban J connectivity index is 1.66. The fourth-order valence-electron chi connectivity index (χ4n) is 2.15. The summed E-state index contributed by atoms with van der Waals surface area (Å²) in [5, 5.41) is 2.47. The molecule has 2 fully saturated rings. The first-order valence-corrected chi connectivity index (χ1v) is 7.43. The molecule has 6 nitrogen and oxygen atoms in total. The standard InChI is InChI=1S/C12H19N3O3S/c1-8(2)14-4-9(5-14)3-13-10(16)6-15-11(17)7-19-12(15)18/h8-9H,3-7H2,1-2H3,(H,13,16). The molecule has 0 aromatic carbocycles. The van der Waals surface area contributed by atoms with E-state index in [2.05, 4.69) is 24.1 Å². The molecule has 106 valence electrons. The van der Waals surface area contributed by atoms with Gasteiger partial charge in [0.25, 0.3) is 5.24 Å². The summed E-state index contributed by atoms with van der Waals surface area (Å²) < 4.78 is 0. The summed E-state index contributed by atoms with van der Waals surface area (Å²) in [6.07, 6.45) is 0. The number of likely N-dealkylation sites (tertiary alicyclic amines) is 1. The molecule has 0 atom stereocenters. The van der Waals surface area contributed by atoms with Gasteiger partial charge < -0.3 is 10.2 Å². The molecule has 0 aliphatic carbocycles. The number of nitrogens with zero attached hydrogens (tertiary/aromatic N) is 2. The summed E-state index contributed by atoms with van der Waals surface area (Å²) in [6, 6.07) is 0.545. The molecule has 0 aromatic rings. The minimum atomic E-state index is -0.324. The van der Waals surface area contributed by atoms with Gasteiger partial charge in [0.1, 0.15) is 6.54 Å². The smallest absolute Gasteiger partial charge is 0.289 e. The highest BCUT2D eigenvalue weighted by molar-refractivity contribution is 8.14. The van der Waals surface area contributed by atoms with Gasteiger partial charge in [0.05, 0.1) is 5.75 Å². The van der Waals surface area contributed by atoms with Crippen LogP contribution in [0.2, 0.25) is 0 Å². The van der Waals surface area contributed by atoms with Gasteiger partial charge in [0.15, 0.2) is 0 Å². The molecular formula is C12H19N3O3S. The molecule has 2 rings (SSSR count). The molecule has 1 N–H and O–H groups in total. The van der Waals surface area contributed by atoms with Crippen molar-refractivity contribution < 1.29 is 14.4 Å². The number of hydrogen-bond acceptors (Lipinski definition) is 5. The summed E-state index contributed by atoms with van der Waals surface area (Å²) in [4.78, 5) is 37.7. The molecule has 2 heterocycles. The first-order valence-electron chi connectivity index (χ1n) is 6.45. The Morgan fingerprint density at radius 2 is 2.11 bits per heavy atom. The monoisotopic (exact) mass is 285 g/mol. The topological polar surface area (TPSA) is 69.7 Å². The lowest BCUT2D eigenvalue weighted by molar-refractivity contribution is -0.130. The van der Waals surface area contributed by atoms with Crippen molar-refractivity contribution in [2.24, 2.45) is 5.92 Å². The van der Waals surface area contributed by atoms with E-state index in [0.29, 0.717) is 18.5 Å². The number of nitrogens with one attached hydrogen (secondary N) is 1. The Morgan fingerprint density at radius 3 is 2.63 bits per heavy atom. The third-order valence-corrected chi connectivity index (χ3v) is 4.30. The number of imide groups is 1. The Bertz CT molecular complexity index is 378. The lowest BCUT2D eigenvalue weighted by Crippen LogP contribution is -2.54. The molecule has 0 radical (unpaired) electrons. The molecule has 3 amide bonds. The molecule has 0 saturated carbocycles. The number of carbonyl (C=O) groups is 3. The van der Waals surface area contributed by atoms with Gasteiger partial charge in [-0.2, -0.15) is 0 Å². The van der Waals surface area contributed by atoms with Crippen LogP contribution in [0, 0.1) is 5.92 Å². The Morgan fingerprint density at radius 1 is 1.42 bits per heavy atom. The molecule has 2 aliphatic rings. The van der Waals surface area contributed by atoms with Gasteiger partial charge in [0, 0.05) is 31.6 Å². The first kappa shape index (κ1) is 14.3. The largest absolute Gasteiger partial charge is 0.354 e. The van der Waals surface area contributed by atoms with Crippen molar-refractivity contribution in [1.82, 2.24) is 15.1 Å². The van der Waals surface area contributed by atoms with Crippen molar-refractivity contribution in [3.63, 3.8) is 0 Å². The second-order valence-electron chi connectivity index (χ2n) is 5.25. The third kappa shape index (κ3) is 3.48. The Kier molecular flexibility index (Phi) is 4.46. The van der Waals surface area contributed by atoms with Gasteiger partial charge in [-0.3, -0.25) is 19.3 Å². The average molecular weight is 285 g/mol. The van der Waals surface area contributed by atoms with Crippen molar-refractivity contribution in [3.05, 3.63) is 0 Å². The SMILES string of the molecule is CC(C)N1CC(CNC(=O)CN2C(=O)CSC2=O)C1. The lowest BCUT2D eigenvalue weighted by atomic mass is 9.98. The fraction of sp³-hybridized carbons (Fsp3) is 0.750. The van der Waals surface area contributed by atoms with Crippen LogP contribution in [0.5, 0.6) is 0 Å². The van der Waals surface area contributed by atoms with Gasteiger partial charge in [-0.25, -0.2) is 0 Å². The van der Waals surface area contributed by atoms with Crippen LogP contribution in [-0.4, -0.2) is 64.8 Å². The van der Waals surface area contributed by atoms with Crippen LogP contribution in [0.25, 0.3) is 0 Å². The van der Waals surface area contributed by atoms with E-state index in [1.807, 2.05) is 0 Å². The maximum atomic E-state index is 11.7. The summed E-state index contributed by atoms with van der Waals surface area (Å²) in [5.41, 5.74) is 0. The van der Waals surface area contributed by atoms with E-state index in [-0.39, 0.29) is 29.4 Å². The summed E-state index contributed by atoms with van der Waals surface area (Å²) in [6.45, 7) is 6.76. The molecule has 0 aromatic heterocycles. The van der Waals surface area contributed by atoms with E-state index in [1.165, 1.54) is 0 Å².